The first-order valence-corrected chi connectivity index (χ1v) is 7.68. The molecule has 2 aromatic rings. The molecule has 0 radical (unpaired) electrons. The zero-order chi connectivity index (χ0) is 17.5. The van der Waals surface area contributed by atoms with Crippen molar-refractivity contribution in [1.29, 1.82) is 0 Å². The Morgan fingerprint density at radius 1 is 1.12 bits per heavy atom. The number of benzene rings is 2. The first-order valence-electron chi connectivity index (χ1n) is 6.89. The molecule has 0 bridgehead atoms. The van der Waals surface area contributed by atoms with Gasteiger partial charge in [0.05, 0.1) is 10.5 Å². The van der Waals surface area contributed by atoms with Crippen LogP contribution in [0.3, 0.4) is 0 Å². The second kappa shape index (κ2) is 8.21. The van der Waals surface area contributed by atoms with Crippen LogP contribution in [0.15, 0.2) is 53.0 Å². The highest BCUT2D eigenvalue weighted by molar-refractivity contribution is 9.10. The van der Waals surface area contributed by atoms with Crippen LogP contribution < -0.4 is 5.32 Å². The lowest BCUT2D eigenvalue weighted by Gasteiger charge is -2.07. The quantitative estimate of drug-likeness (QED) is 0.462. The first kappa shape index (κ1) is 17.6. The van der Waals surface area contributed by atoms with E-state index in [1.807, 2.05) is 0 Å². The van der Waals surface area contributed by atoms with Gasteiger partial charge in [0.15, 0.2) is 0 Å². The molecule has 0 aliphatic rings. The van der Waals surface area contributed by atoms with E-state index < -0.39 is 16.8 Å². The van der Waals surface area contributed by atoms with E-state index in [9.17, 15) is 19.7 Å². The molecule has 0 aromatic heterocycles. The maximum Gasteiger partial charge on any atom is 0.325 e. The third kappa shape index (κ3) is 4.88. The van der Waals surface area contributed by atoms with Gasteiger partial charge in [-0.15, -0.1) is 0 Å². The largest absolute Gasteiger partial charge is 0.460 e. The Labute approximate surface area is 145 Å². The van der Waals surface area contributed by atoms with Gasteiger partial charge in [-0.25, -0.2) is 0 Å². The summed E-state index contributed by atoms with van der Waals surface area (Å²) in [6.07, 6.45) is 0. The van der Waals surface area contributed by atoms with Crippen molar-refractivity contribution < 1.29 is 19.2 Å². The number of carbonyl (C=O) groups is 2. The summed E-state index contributed by atoms with van der Waals surface area (Å²) in [5.74, 6) is -0.997. The van der Waals surface area contributed by atoms with E-state index in [4.69, 9.17) is 4.74 Å². The Balaban J connectivity index is 1.80. The van der Waals surface area contributed by atoms with Crippen molar-refractivity contribution in [3.63, 3.8) is 0 Å². The summed E-state index contributed by atoms with van der Waals surface area (Å²) in [7, 11) is 0. The molecule has 24 heavy (non-hydrogen) atoms. The van der Waals surface area contributed by atoms with Crippen LogP contribution in [0.5, 0.6) is 0 Å². The molecular weight excluding hydrogens is 380 g/mol. The number of halogens is 1. The molecule has 1 amide bonds. The molecule has 2 rings (SSSR count). The predicted molar refractivity (Wildman–Crippen MR) is 89.4 cm³/mol. The summed E-state index contributed by atoms with van der Waals surface area (Å²) in [5, 5.41) is 13.0. The van der Waals surface area contributed by atoms with Gasteiger partial charge in [0, 0.05) is 16.6 Å². The van der Waals surface area contributed by atoms with E-state index in [1.54, 1.807) is 24.3 Å². The van der Waals surface area contributed by atoms with Crippen LogP contribution in [0.2, 0.25) is 0 Å². The minimum absolute atomic E-state index is 0.0261. The summed E-state index contributed by atoms with van der Waals surface area (Å²) in [6, 6.07) is 12.5. The zero-order valence-electron chi connectivity index (χ0n) is 12.4. The molecule has 2 aromatic carbocycles. The number of hydrogen-bond acceptors (Lipinski definition) is 5. The molecule has 7 nitrogen and oxygen atoms in total. The third-order valence-electron chi connectivity index (χ3n) is 3.06. The molecule has 0 aliphatic carbocycles. The van der Waals surface area contributed by atoms with Crippen molar-refractivity contribution in [2.24, 2.45) is 0 Å². The molecule has 124 valence electrons. The van der Waals surface area contributed by atoms with Crippen LogP contribution in [0.1, 0.15) is 15.9 Å². The molecule has 0 aliphatic heterocycles. The smallest absolute Gasteiger partial charge is 0.325 e. The number of amides is 1. The van der Waals surface area contributed by atoms with Gasteiger partial charge in [-0.05, 0) is 45.8 Å². The van der Waals surface area contributed by atoms with Gasteiger partial charge >= 0.3 is 5.97 Å². The molecule has 0 unspecified atom stereocenters. The third-order valence-corrected chi connectivity index (χ3v) is 3.75. The number of carbonyl (C=O) groups excluding carboxylic acids is 2. The van der Waals surface area contributed by atoms with Crippen molar-refractivity contribution in [1.82, 2.24) is 5.32 Å². The van der Waals surface area contributed by atoms with Crippen molar-refractivity contribution >= 4 is 33.5 Å². The van der Waals surface area contributed by atoms with E-state index >= 15 is 0 Å². The van der Waals surface area contributed by atoms with Crippen LogP contribution >= 0.6 is 15.9 Å². The van der Waals surface area contributed by atoms with Gasteiger partial charge in [-0.3, -0.25) is 19.7 Å². The van der Waals surface area contributed by atoms with Gasteiger partial charge in [-0.2, -0.15) is 0 Å². The average Bonchev–Trinajstić information content (AvgIpc) is 2.58. The van der Waals surface area contributed by atoms with Crippen molar-refractivity contribution in [2.45, 2.75) is 6.61 Å². The van der Waals surface area contributed by atoms with Gasteiger partial charge in [-0.1, -0.05) is 12.1 Å². The normalized spacial score (nSPS) is 10.0. The number of nitrogens with one attached hydrogen (secondary N) is 1. The first-order chi connectivity index (χ1) is 11.5. The Morgan fingerprint density at radius 2 is 1.79 bits per heavy atom. The molecule has 0 saturated heterocycles. The van der Waals surface area contributed by atoms with E-state index in [1.165, 1.54) is 24.3 Å². The number of ether oxygens (including phenoxy) is 1. The summed E-state index contributed by atoms with van der Waals surface area (Å²) < 4.78 is 5.64. The summed E-state index contributed by atoms with van der Waals surface area (Å²) in [5.41, 5.74) is 0.998. The standard InChI is InChI=1S/C16H13BrN2O5/c17-14-4-2-1-3-13(14)16(21)18-9-15(20)24-10-11-5-7-12(8-6-11)19(22)23/h1-8H,9-10H2,(H,18,21). The van der Waals surface area contributed by atoms with Gasteiger partial charge < -0.3 is 10.1 Å². The lowest BCUT2D eigenvalue weighted by molar-refractivity contribution is -0.384. The van der Waals surface area contributed by atoms with Gasteiger partial charge in [0.2, 0.25) is 0 Å². The van der Waals surface area contributed by atoms with E-state index in [0.717, 1.165) is 0 Å². The Hall–Kier alpha value is -2.74. The molecule has 0 heterocycles. The fourth-order valence-electron chi connectivity index (χ4n) is 1.82. The van der Waals surface area contributed by atoms with Crippen LogP contribution in [0, 0.1) is 10.1 Å². The minimum atomic E-state index is -0.603. The number of nitro groups is 1. The predicted octanol–water partition coefficient (Wildman–Crippen LogP) is 2.83. The fourth-order valence-corrected chi connectivity index (χ4v) is 2.29. The molecular formula is C16H13BrN2O5. The number of nitrogens with zero attached hydrogens (tertiary/aromatic N) is 1. The average molecular weight is 393 g/mol. The van der Waals surface area contributed by atoms with Gasteiger partial charge in [0.25, 0.3) is 11.6 Å². The number of esters is 1. The Morgan fingerprint density at radius 3 is 2.42 bits per heavy atom. The van der Waals surface area contributed by atoms with Crippen LogP contribution in [0.4, 0.5) is 5.69 Å². The molecule has 0 saturated carbocycles. The lowest BCUT2D eigenvalue weighted by Crippen LogP contribution is -2.30. The Bertz CT molecular complexity index is 761. The van der Waals surface area contributed by atoms with E-state index in [-0.39, 0.29) is 18.8 Å². The fraction of sp³-hybridized carbons (Fsp3) is 0.125. The van der Waals surface area contributed by atoms with E-state index in [2.05, 4.69) is 21.2 Å². The maximum absolute atomic E-state index is 11.9. The zero-order valence-corrected chi connectivity index (χ0v) is 14.0. The van der Waals surface area contributed by atoms with Crippen molar-refractivity contribution in [3.8, 4) is 0 Å². The second-order valence-electron chi connectivity index (χ2n) is 4.75. The molecule has 0 spiro atoms. The van der Waals surface area contributed by atoms with Crippen molar-refractivity contribution in [2.75, 3.05) is 6.54 Å². The lowest BCUT2D eigenvalue weighted by atomic mass is 10.2. The molecule has 1 N–H and O–H groups in total. The topological polar surface area (TPSA) is 98.5 Å². The highest BCUT2D eigenvalue weighted by Crippen LogP contribution is 2.15. The van der Waals surface area contributed by atoms with Crippen LogP contribution in [-0.2, 0) is 16.1 Å². The number of rotatable bonds is 6. The van der Waals surface area contributed by atoms with Crippen LogP contribution in [-0.4, -0.2) is 23.3 Å². The van der Waals surface area contributed by atoms with E-state index in [0.29, 0.717) is 15.6 Å². The SMILES string of the molecule is O=C(CNC(=O)c1ccccc1Br)OCc1ccc([N+](=O)[O-])cc1. The van der Waals surface area contributed by atoms with Crippen LogP contribution in [0.25, 0.3) is 0 Å². The highest BCUT2D eigenvalue weighted by atomic mass is 79.9. The minimum Gasteiger partial charge on any atom is -0.460 e. The molecule has 0 atom stereocenters. The van der Waals surface area contributed by atoms with Gasteiger partial charge in [0.1, 0.15) is 13.2 Å². The second-order valence-corrected chi connectivity index (χ2v) is 5.60. The summed E-state index contributed by atoms with van der Waals surface area (Å²) in [6.45, 7) is -0.297. The Kier molecular flexibility index (Phi) is 6.02. The summed E-state index contributed by atoms with van der Waals surface area (Å²) >= 11 is 3.26. The maximum atomic E-state index is 11.9. The number of non-ortho nitro benzene ring substituents is 1. The summed E-state index contributed by atoms with van der Waals surface area (Å²) in [4.78, 5) is 33.6. The number of hydrogen-bond donors (Lipinski definition) is 1. The molecule has 0 fully saturated rings. The number of nitro benzene ring substituents is 1. The molecule has 8 heteroatoms. The highest BCUT2D eigenvalue weighted by Gasteiger charge is 2.11. The van der Waals surface area contributed by atoms with Crippen molar-refractivity contribution in [3.05, 3.63) is 74.2 Å². The monoisotopic (exact) mass is 392 g/mol.